The van der Waals surface area contributed by atoms with Crippen molar-refractivity contribution in [2.24, 2.45) is 5.92 Å². The van der Waals surface area contributed by atoms with Gasteiger partial charge in [0.25, 0.3) is 0 Å². The molecule has 1 aliphatic heterocycles. The Balaban J connectivity index is 1.65. The predicted molar refractivity (Wildman–Crippen MR) is 102 cm³/mol. The van der Waals surface area contributed by atoms with Crippen LogP contribution in [-0.4, -0.2) is 56.8 Å². The summed E-state index contributed by atoms with van der Waals surface area (Å²) in [5, 5.41) is 2.91. The highest BCUT2D eigenvalue weighted by molar-refractivity contribution is 7.89. The fourth-order valence-electron chi connectivity index (χ4n) is 3.86. The summed E-state index contributed by atoms with van der Waals surface area (Å²) in [5.74, 6) is 0.135. The molecule has 1 saturated carbocycles. The van der Waals surface area contributed by atoms with E-state index in [0.29, 0.717) is 5.69 Å². The van der Waals surface area contributed by atoms with Crippen molar-refractivity contribution in [3.63, 3.8) is 0 Å². The second kappa shape index (κ2) is 8.06. The standard InChI is InChI=1S/C19H29N3O3S/c1-21-13-11-17(12-14-21)22(2)26(24,25)18-9-7-16(8-10-18)20-19(23)15-5-3-4-6-15/h7-10,15,17H,3-6,11-14H2,1-2H3,(H,20,23). The molecular weight excluding hydrogens is 350 g/mol. The number of likely N-dealkylation sites (tertiary alicyclic amines) is 1. The van der Waals surface area contributed by atoms with Gasteiger partial charge in [0, 0.05) is 24.7 Å². The number of nitrogens with zero attached hydrogens (tertiary/aromatic N) is 2. The third-order valence-electron chi connectivity index (χ3n) is 5.73. The van der Waals surface area contributed by atoms with Gasteiger partial charge in [-0.3, -0.25) is 4.79 Å². The van der Waals surface area contributed by atoms with Crippen LogP contribution in [0.3, 0.4) is 0 Å². The summed E-state index contributed by atoms with van der Waals surface area (Å²) in [5.41, 5.74) is 0.655. The maximum Gasteiger partial charge on any atom is 0.243 e. The maximum atomic E-state index is 12.9. The largest absolute Gasteiger partial charge is 0.326 e. The summed E-state index contributed by atoms with van der Waals surface area (Å²) in [6.45, 7) is 1.83. The minimum absolute atomic E-state index is 0.0398. The van der Waals surface area contributed by atoms with Crippen molar-refractivity contribution in [3.05, 3.63) is 24.3 Å². The van der Waals surface area contributed by atoms with Crippen molar-refractivity contribution in [2.45, 2.75) is 49.5 Å². The lowest BCUT2D eigenvalue weighted by Crippen LogP contribution is -2.44. The van der Waals surface area contributed by atoms with Crippen LogP contribution in [0.2, 0.25) is 0 Å². The van der Waals surface area contributed by atoms with Crippen molar-refractivity contribution in [1.82, 2.24) is 9.21 Å². The molecule has 7 heteroatoms. The molecule has 0 radical (unpaired) electrons. The summed E-state index contributed by atoms with van der Waals surface area (Å²) in [7, 11) is 0.212. The summed E-state index contributed by atoms with van der Waals surface area (Å²) in [6, 6.07) is 6.58. The van der Waals surface area contributed by atoms with Gasteiger partial charge in [-0.1, -0.05) is 12.8 Å². The normalized spacial score (nSPS) is 20.6. The molecule has 1 aromatic rings. The van der Waals surface area contributed by atoms with Gasteiger partial charge in [0.15, 0.2) is 0 Å². The van der Waals surface area contributed by atoms with Crippen molar-refractivity contribution < 1.29 is 13.2 Å². The second-order valence-corrected chi connectivity index (χ2v) is 9.55. The van der Waals surface area contributed by atoms with Crippen molar-refractivity contribution in [2.75, 3.05) is 32.5 Å². The van der Waals surface area contributed by atoms with Crippen LogP contribution in [-0.2, 0) is 14.8 Å². The van der Waals surface area contributed by atoms with Gasteiger partial charge in [0.1, 0.15) is 0 Å². The lowest BCUT2D eigenvalue weighted by atomic mass is 10.1. The highest BCUT2D eigenvalue weighted by Gasteiger charge is 2.30. The maximum absolute atomic E-state index is 12.9. The number of amides is 1. The Kier molecular flexibility index (Phi) is 5.99. The molecule has 0 bridgehead atoms. The first-order valence-electron chi connectivity index (χ1n) is 9.45. The topological polar surface area (TPSA) is 69.7 Å². The number of hydrogen-bond acceptors (Lipinski definition) is 4. The van der Waals surface area contributed by atoms with Gasteiger partial charge in [-0.05, 0) is 70.1 Å². The molecular formula is C19H29N3O3S. The van der Waals surface area contributed by atoms with E-state index in [1.807, 2.05) is 0 Å². The number of anilines is 1. The molecule has 1 saturated heterocycles. The second-order valence-electron chi connectivity index (χ2n) is 7.55. The van der Waals surface area contributed by atoms with Gasteiger partial charge < -0.3 is 10.2 Å². The van der Waals surface area contributed by atoms with E-state index < -0.39 is 10.0 Å². The number of nitrogens with one attached hydrogen (secondary N) is 1. The molecule has 1 aromatic carbocycles. The van der Waals surface area contributed by atoms with Gasteiger partial charge in [-0.15, -0.1) is 0 Å². The zero-order valence-corrected chi connectivity index (χ0v) is 16.5. The van der Waals surface area contributed by atoms with Gasteiger partial charge >= 0.3 is 0 Å². The number of sulfonamides is 1. The fourth-order valence-corrected chi connectivity index (χ4v) is 5.28. The molecule has 1 amide bonds. The number of carbonyl (C=O) groups is 1. The molecule has 0 atom stereocenters. The van der Waals surface area contributed by atoms with E-state index >= 15 is 0 Å². The Hall–Kier alpha value is -1.44. The Morgan fingerprint density at radius 3 is 2.23 bits per heavy atom. The van der Waals surface area contributed by atoms with Crippen molar-refractivity contribution in [1.29, 1.82) is 0 Å². The average molecular weight is 380 g/mol. The smallest absolute Gasteiger partial charge is 0.243 e. The third kappa shape index (κ3) is 4.27. The third-order valence-corrected chi connectivity index (χ3v) is 7.65. The van der Waals surface area contributed by atoms with E-state index in [4.69, 9.17) is 0 Å². The van der Waals surface area contributed by atoms with Crippen LogP contribution in [0.15, 0.2) is 29.2 Å². The Morgan fingerprint density at radius 2 is 1.65 bits per heavy atom. The zero-order valence-electron chi connectivity index (χ0n) is 15.6. The first-order chi connectivity index (χ1) is 12.4. The number of hydrogen-bond donors (Lipinski definition) is 1. The van der Waals surface area contributed by atoms with E-state index in [1.165, 1.54) is 4.31 Å². The molecule has 0 unspecified atom stereocenters. The first-order valence-corrected chi connectivity index (χ1v) is 10.9. The number of benzene rings is 1. The zero-order chi connectivity index (χ0) is 18.7. The fraction of sp³-hybridized carbons (Fsp3) is 0.632. The van der Waals surface area contributed by atoms with Gasteiger partial charge in [0.05, 0.1) is 4.90 Å². The lowest BCUT2D eigenvalue weighted by molar-refractivity contribution is -0.119. The SMILES string of the molecule is CN1CCC(N(C)S(=O)(=O)c2ccc(NC(=O)C3CCCC3)cc2)CC1. The number of rotatable bonds is 5. The van der Waals surface area contributed by atoms with Gasteiger partial charge in [-0.25, -0.2) is 8.42 Å². The minimum Gasteiger partial charge on any atom is -0.326 e. The van der Waals surface area contributed by atoms with Crippen LogP contribution >= 0.6 is 0 Å². The molecule has 6 nitrogen and oxygen atoms in total. The molecule has 3 rings (SSSR count). The van der Waals surface area contributed by atoms with Crippen molar-refractivity contribution in [3.8, 4) is 0 Å². The highest BCUT2D eigenvalue weighted by Crippen LogP contribution is 2.27. The number of carbonyl (C=O) groups excluding carboxylic acids is 1. The monoisotopic (exact) mass is 379 g/mol. The van der Waals surface area contributed by atoms with Crippen LogP contribution < -0.4 is 5.32 Å². The molecule has 1 N–H and O–H groups in total. The molecule has 26 heavy (non-hydrogen) atoms. The summed E-state index contributed by atoms with van der Waals surface area (Å²) >= 11 is 0. The molecule has 0 spiro atoms. The molecule has 2 fully saturated rings. The van der Waals surface area contributed by atoms with Crippen LogP contribution in [0.25, 0.3) is 0 Å². The molecule has 2 aliphatic rings. The summed E-state index contributed by atoms with van der Waals surface area (Å²) in [4.78, 5) is 14.7. The summed E-state index contributed by atoms with van der Waals surface area (Å²) in [6.07, 6.45) is 5.81. The van der Waals surface area contributed by atoms with E-state index in [2.05, 4.69) is 17.3 Å². The average Bonchev–Trinajstić information content (AvgIpc) is 3.17. The Labute approximate surface area is 156 Å². The Bertz CT molecular complexity index is 719. The minimum atomic E-state index is -3.51. The Morgan fingerprint density at radius 1 is 1.08 bits per heavy atom. The predicted octanol–water partition coefficient (Wildman–Crippen LogP) is 2.53. The molecule has 144 valence electrons. The van der Waals surface area contributed by atoms with E-state index in [0.717, 1.165) is 51.6 Å². The first kappa shape index (κ1) is 19.3. The highest BCUT2D eigenvalue weighted by atomic mass is 32.2. The quantitative estimate of drug-likeness (QED) is 0.853. The van der Waals surface area contributed by atoms with Crippen LogP contribution in [0.1, 0.15) is 38.5 Å². The lowest BCUT2D eigenvalue weighted by Gasteiger charge is -2.34. The van der Waals surface area contributed by atoms with Crippen LogP contribution in [0, 0.1) is 5.92 Å². The van der Waals surface area contributed by atoms with E-state index in [9.17, 15) is 13.2 Å². The van der Waals surface area contributed by atoms with Gasteiger partial charge in [-0.2, -0.15) is 4.31 Å². The number of piperidine rings is 1. The van der Waals surface area contributed by atoms with Crippen LogP contribution in [0.4, 0.5) is 5.69 Å². The van der Waals surface area contributed by atoms with Crippen molar-refractivity contribution >= 4 is 21.6 Å². The molecule has 1 heterocycles. The summed E-state index contributed by atoms with van der Waals surface area (Å²) < 4.78 is 27.3. The van der Waals surface area contributed by atoms with E-state index in [1.54, 1.807) is 31.3 Å². The van der Waals surface area contributed by atoms with Gasteiger partial charge in [0.2, 0.25) is 15.9 Å². The van der Waals surface area contributed by atoms with Crippen LogP contribution in [0.5, 0.6) is 0 Å². The van der Waals surface area contributed by atoms with E-state index in [-0.39, 0.29) is 22.8 Å². The molecule has 1 aliphatic carbocycles. The molecule has 0 aromatic heterocycles.